The molecule has 0 radical (unpaired) electrons. The van der Waals surface area contributed by atoms with E-state index < -0.39 is 11.6 Å². The molecule has 2 unspecified atom stereocenters. The maximum atomic E-state index is 13.5. The van der Waals surface area contributed by atoms with Gasteiger partial charge in [-0.3, -0.25) is 4.79 Å². The largest absolute Gasteiger partial charge is 0.508 e. The summed E-state index contributed by atoms with van der Waals surface area (Å²) in [5.74, 6) is -2.14. The molecule has 27 heavy (non-hydrogen) atoms. The molecule has 0 aliphatic carbocycles. The minimum Gasteiger partial charge on any atom is -0.508 e. The number of phenols is 1. The van der Waals surface area contributed by atoms with Gasteiger partial charge < -0.3 is 15.3 Å². The predicted octanol–water partition coefficient (Wildman–Crippen LogP) is 4.24. The minimum atomic E-state index is -1.04. The molecule has 0 saturated carbocycles. The van der Waals surface area contributed by atoms with Gasteiger partial charge in [0.2, 0.25) is 0 Å². The predicted molar refractivity (Wildman–Crippen MR) is 98.6 cm³/mol. The van der Waals surface area contributed by atoms with Gasteiger partial charge >= 0.3 is 0 Å². The van der Waals surface area contributed by atoms with Gasteiger partial charge in [0.1, 0.15) is 5.75 Å². The number of carbonyl (C=O) groups excluding carboxylic acids is 1. The van der Waals surface area contributed by atoms with Crippen LogP contribution in [0.15, 0.2) is 48.7 Å². The van der Waals surface area contributed by atoms with E-state index >= 15 is 0 Å². The van der Waals surface area contributed by atoms with Gasteiger partial charge in [-0.2, -0.15) is 0 Å². The smallest absolute Gasteiger partial charge is 0.257 e. The zero-order valence-corrected chi connectivity index (χ0v) is 15.0. The summed E-state index contributed by atoms with van der Waals surface area (Å²) in [5.41, 5.74) is 1.76. The topological polar surface area (TPSA) is 52.6 Å². The van der Waals surface area contributed by atoms with Crippen LogP contribution in [0.25, 0.3) is 0 Å². The number of hydrogen-bond acceptors (Lipinski definition) is 3. The van der Waals surface area contributed by atoms with Crippen LogP contribution in [0.3, 0.4) is 0 Å². The molecule has 0 aromatic heterocycles. The van der Waals surface area contributed by atoms with Gasteiger partial charge in [-0.1, -0.05) is 13.8 Å². The second kappa shape index (κ2) is 6.08. The lowest BCUT2D eigenvalue weighted by Crippen LogP contribution is -2.38. The number of fused-ring (bicyclic) bond motifs is 3. The number of amides is 1. The summed E-state index contributed by atoms with van der Waals surface area (Å²) in [6.07, 6.45) is 3.61. The monoisotopic (exact) mass is 370 g/mol. The third kappa shape index (κ3) is 2.95. The van der Waals surface area contributed by atoms with Crippen molar-refractivity contribution >= 4 is 11.6 Å². The Bertz CT molecular complexity index is 955. The van der Waals surface area contributed by atoms with Crippen molar-refractivity contribution < 1.29 is 18.7 Å². The summed E-state index contributed by atoms with van der Waals surface area (Å²) in [6.45, 7) is 4.52. The zero-order chi connectivity index (χ0) is 19.3. The van der Waals surface area contributed by atoms with Crippen molar-refractivity contribution in [1.29, 1.82) is 0 Å². The number of benzene rings is 2. The van der Waals surface area contributed by atoms with Crippen molar-refractivity contribution in [3.05, 3.63) is 71.4 Å². The number of hydrogen-bond donors (Lipinski definition) is 2. The van der Waals surface area contributed by atoms with Gasteiger partial charge in [-0.05, 0) is 53.5 Å². The van der Waals surface area contributed by atoms with E-state index in [1.807, 2.05) is 12.1 Å². The maximum absolute atomic E-state index is 13.5. The molecular formula is C21H20F2N2O2. The molecule has 2 N–H and O–H groups in total. The van der Waals surface area contributed by atoms with Crippen LogP contribution in [-0.2, 0) is 0 Å². The second-order valence-corrected chi connectivity index (χ2v) is 7.81. The molecule has 4 rings (SSSR count). The highest BCUT2D eigenvalue weighted by Crippen LogP contribution is 2.49. The number of anilines is 1. The Hall–Kier alpha value is -2.89. The molecule has 0 saturated heterocycles. The van der Waals surface area contributed by atoms with Crippen molar-refractivity contribution in [2.45, 2.75) is 25.8 Å². The van der Waals surface area contributed by atoms with E-state index in [1.165, 1.54) is 11.0 Å². The fraction of sp³-hybridized carbons (Fsp3) is 0.286. The van der Waals surface area contributed by atoms with Crippen molar-refractivity contribution in [3.8, 4) is 5.75 Å². The van der Waals surface area contributed by atoms with Gasteiger partial charge in [0.05, 0.1) is 6.04 Å². The number of phenolic OH excluding ortho intramolecular Hbond substituents is 1. The molecule has 2 aliphatic heterocycles. The zero-order valence-electron chi connectivity index (χ0n) is 15.0. The van der Waals surface area contributed by atoms with E-state index in [0.717, 1.165) is 23.4 Å². The summed E-state index contributed by atoms with van der Waals surface area (Å²) in [7, 11) is 0. The van der Waals surface area contributed by atoms with Crippen molar-refractivity contribution in [3.63, 3.8) is 0 Å². The third-order valence-electron chi connectivity index (χ3n) is 5.37. The Morgan fingerprint density at radius 3 is 2.70 bits per heavy atom. The molecule has 1 amide bonds. The number of halogens is 2. The molecule has 0 bridgehead atoms. The lowest BCUT2D eigenvalue weighted by atomic mass is 9.72. The first-order chi connectivity index (χ1) is 12.8. The first kappa shape index (κ1) is 17.5. The number of nitrogens with zero attached hydrogens (tertiary/aromatic N) is 1. The van der Waals surface area contributed by atoms with Gasteiger partial charge in [0.15, 0.2) is 11.6 Å². The summed E-state index contributed by atoms with van der Waals surface area (Å²) in [4.78, 5) is 14.4. The van der Waals surface area contributed by atoms with E-state index in [2.05, 4.69) is 19.2 Å². The number of rotatable bonds is 1. The summed E-state index contributed by atoms with van der Waals surface area (Å²) in [5, 5.41) is 13.3. The van der Waals surface area contributed by atoms with Crippen LogP contribution in [0.2, 0.25) is 0 Å². The highest BCUT2D eigenvalue weighted by Gasteiger charge is 2.44. The average Bonchev–Trinajstić information content (AvgIpc) is 2.92. The SMILES string of the molecule is CC1(C)CN(C(=O)c2ccc(F)c(F)c2)C=CC2Nc3ccc(O)cc3C21. The number of aromatic hydroxyl groups is 1. The summed E-state index contributed by atoms with van der Waals surface area (Å²) < 4.78 is 26.7. The maximum Gasteiger partial charge on any atom is 0.257 e. The van der Waals surface area contributed by atoms with E-state index in [4.69, 9.17) is 0 Å². The van der Waals surface area contributed by atoms with Crippen LogP contribution in [0.1, 0.15) is 35.7 Å². The van der Waals surface area contributed by atoms with Gasteiger partial charge in [0.25, 0.3) is 5.91 Å². The molecule has 4 nitrogen and oxygen atoms in total. The standard InChI is InChI=1S/C21H20F2N2O2/c1-21(2)11-25(20(27)12-3-5-15(22)16(23)9-12)8-7-18-19(21)14-10-13(26)4-6-17(14)24-18/h3-10,18-19,24,26H,11H2,1-2H3. The molecule has 6 heteroatoms. The summed E-state index contributed by atoms with van der Waals surface area (Å²) in [6, 6.07) is 8.41. The van der Waals surface area contributed by atoms with Gasteiger partial charge in [-0.15, -0.1) is 0 Å². The molecule has 140 valence electrons. The van der Waals surface area contributed by atoms with E-state index in [9.17, 15) is 18.7 Å². The molecule has 2 aromatic rings. The quantitative estimate of drug-likeness (QED) is 0.738. The molecule has 0 fully saturated rings. The summed E-state index contributed by atoms with van der Waals surface area (Å²) >= 11 is 0. The van der Waals surface area contributed by atoms with Crippen LogP contribution < -0.4 is 5.32 Å². The average molecular weight is 370 g/mol. The molecule has 0 spiro atoms. The first-order valence-corrected chi connectivity index (χ1v) is 8.80. The Labute approximate surface area is 156 Å². The Morgan fingerprint density at radius 1 is 1.19 bits per heavy atom. The molecule has 2 aromatic carbocycles. The molecule has 2 heterocycles. The number of carbonyl (C=O) groups is 1. The highest BCUT2D eigenvalue weighted by atomic mass is 19.2. The Kier molecular flexibility index (Phi) is 3.94. The van der Waals surface area contributed by atoms with Crippen molar-refractivity contribution in [2.75, 3.05) is 11.9 Å². The van der Waals surface area contributed by atoms with Gasteiger partial charge in [-0.25, -0.2) is 8.78 Å². The van der Waals surface area contributed by atoms with E-state index in [0.29, 0.717) is 6.54 Å². The van der Waals surface area contributed by atoms with Crippen LogP contribution in [0, 0.1) is 17.0 Å². The molecular weight excluding hydrogens is 350 g/mol. The second-order valence-electron chi connectivity index (χ2n) is 7.81. The third-order valence-corrected chi connectivity index (χ3v) is 5.37. The fourth-order valence-electron chi connectivity index (χ4n) is 4.18. The normalized spacial score (nSPS) is 22.6. The van der Waals surface area contributed by atoms with Crippen LogP contribution in [0.5, 0.6) is 5.75 Å². The Balaban J connectivity index is 1.67. The lowest BCUT2D eigenvalue weighted by Gasteiger charge is -2.35. The first-order valence-electron chi connectivity index (χ1n) is 8.80. The van der Waals surface area contributed by atoms with Crippen molar-refractivity contribution in [2.24, 2.45) is 5.41 Å². The fourth-order valence-corrected chi connectivity index (χ4v) is 4.18. The highest BCUT2D eigenvalue weighted by molar-refractivity contribution is 5.95. The van der Waals surface area contributed by atoms with Crippen molar-refractivity contribution in [1.82, 2.24) is 4.90 Å². The minimum absolute atomic E-state index is 0.0282. The number of nitrogens with one attached hydrogen (secondary N) is 1. The van der Waals surface area contributed by atoms with Crippen LogP contribution in [0.4, 0.5) is 14.5 Å². The van der Waals surface area contributed by atoms with Crippen LogP contribution in [-0.4, -0.2) is 28.5 Å². The van der Waals surface area contributed by atoms with E-state index in [1.54, 1.807) is 18.3 Å². The van der Waals surface area contributed by atoms with Gasteiger partial charge in [0, 0.05) is 29.9 Å². The molecule has 2 aliphatic rings. The van der Waals surface area contributed by atoms with E-state index in [-0.39, 0.29) is 34.6 Å². The Morgan fingerprint density at radius 2 is 1.96 bits per heavy atom. The molecule has 2 atom stereocenters. The van der Waals surface area contributed by atoms with Crippen LogP contribution >= 0.6 is 0 Å². The lowest BCUT2D eigenvalue weighted by molar-refractivity contribution is 0.0762.